The lowest BCUT2D eigenvalue weighted by Gasteiger charge is -2.42. The molecule has 3 saturated carbocycles. The van der Waals surface area contributed by atoms with Crippen LogP contribution < -0.4 is 0 Å². The van der Waals surface area contributed by atoms with Crippen molar-refractivity contribution in [2.75, 3.05) is 13.2 Å². The summed E-state index contributed by atoms with van der Waals surface area (Å²) >= 11 is 0. The van der Waals surface area contributed by atoms with Gasteiger partial charge in [0.15, 0.2) is 6.29 Å². The normalized spacial score (nSPS) is 41.1. The Morgan fingerprint density at radius 2 is 1.19 bits per heavy atom. The quantitative estimate of drug-likeness (QED) is 0.364. The molecule has 4 rings (SSSR count). The number of allylic oxidation sites excluding steroid dienone is 2. The van der Waals surface area contributed by atoms with Crippen LogP contribution in [0, 0.1) is 41.4 Å². The average Bonchev–Trinajstić information content (AvgIpc) is 2.83. The first-order valence-electron chi connectivity index (χ1n) is 13.5. The van der Waals surface area contributed by atoms with E-state index in [-0.39, 0.29) is 12.2 Å². The summed E-state index contributed by atoms with van der Waals surface area (Å²) in [6, 6.07) is 0. The Morgan fingerprint density at radius 3 is 1.72 bits per heavy atom. The van der Waals surface area contributed by atoms with E-state index in [4.69, 9.17) is 9.47 Å². The standard InChI is InChI=1S/C28H44F2O2/c1-2-3-4-20-5-11-25(12-6-20)28-31-18-26(19-32-28)24-15-13-23(14-16-24)22-9-7-21(8-10-22)17-27(29)30/h2,17,20-26,28H,1,3-16,18-19H2. The van der Waals surface area contributed by atoms with Crippen molar-refractivity contribution in [3.8, 4) is 0 Å². The van der Waals surface area contributed by atoms with Crippen molar-refractivity contribution in [3.05, 3.63) is 24.8 Å². The summed E-state index contributed by atoms with van der Waals surface area (Å²) in [6.45, 7) is 5.61. The fourth-order valence-corrected chi connectivity index (χ4v) is 7.23. The molecule has 0 N–H and O–H groups in total. The Bertz CT molecular complexity index is 585. The Balaban J connectivity index is 1.13. The zero-order valence-corrected chi connectivity index (χ0v) is 19.9. The predicted molar refractivity (Wildman–Crippen MR) is 125 cm³/mol. The van der Waals surface area contributed by atoms with Gasteiger partial charge in [0.05, 0.1) is 13.2 Å². The molecule has 0 atom stereocenters. The summed E-state index contributed by atoms with van der Waals surface area (Å²) in [5, 5.41) is 0. The third kappa shape index (κ3) is 6.65. The van der Waals surface area contributed by atoms with Gasteiger partial charge in [-0.3, -0.25) is 0 Å². The maximum absolute atomic E-state index is 12.5. The molecule has 0 aromatic heterocycles. The lowest BCUT2D eigenvalue weighted by Crippen LogP contribution is -2.41. The van der Waals surface area contributed by atoms with Crippen LogP contribution in [0.5, 0.6) is 0 Å². The van der Waals surface area contributed by atoms with Gasteiger partial charge in [0.25, 0.3) is 6.08 Å². The largest absolute Gasteiger partial charge is 0.352 e. The average molecular weight is 451 g/mol. The highest BCUT2D eigenvalue weighted by atomic mass is 19.3. The summed E-state index contributed by atoms with van der Waals surface area (Å²) in [4.78, 5) is 0. The second kappa shape index (κ2) is 12.1. The first-order valence-corrected chi connectivity index (χ1v) is 13.5. The molecule has 0 spiro atoms. The van der Waals surface area contributed by atoms with Crippen LogP contribution in [0.2, 0.25) is 0 Å². The third-order valence-electron chi connectivity index (χ3n) is 9.33. The zero-order valence-electron chi connectivity index (χ0n) is 19.9. The highest BCUT2D eigenvalue weighted by molar-refractivity contribution is 4.92. The highest BCUT2D eigenvalue weighted by Gasteiger charge is 2.37. The molecule has 1 saturated heterocycles. The van der Waals surface area contributed by atoms with Gasteiger partial charge in [0, 0.05) is 11.8 Å². The van der Waals surface area contributed by atoms with Crippen LogP contribution in [0.25, 0.3) is 0 Å². The van der Waals surface area contributed by atoms with Crippen molar-refractivity contribution in [2.24, 2.45) is 41.4 Å². The molecular weight excluding hydrogens is 406 g/mol. The van der Waals surface area contributed by atoms with Crippen LogP contribution in [-0.2, 0) is 9.47 Å². The van der Waals surface area contributed by atoms with Gasteiger partial charge in [0.1, 0.15) is 0 Å². The molecule has 4 fully saturated rings. The molecule has 0 aromatic carbocycles. The number of rotatable bonds is 7. The number of ether oxygens (including phenoxy) is 2. The molecule has 1 aliphatic heterocycles. The Labute approximate surface area is 194 Å². The summed E-state index contributed by atoms with van der Waals surface area (Å²) in [6.07, 6.45) is 18.7. The van der Waals surface area contributed by atoms with Gasteiger partial charge in [-0.2, -0.15) is 8.78 Å². The molecule has 2 nitrogen and oxygen atoms in total. The van der Waals surface area contributed by atoms with E-state index >= 15 is 0 Å². The predicted octanol–water partition coefficient (Wildman–Crippen LogP) is 8.14. The van der Waals surface area contributed by atoms with E-state index in [9.17, 15) is 8.78 Å². The van der Waals surface area contributed by atoms with Crippen molar-refractivity contribution < 1.29 is 18.3 Å². The number of hydrogen-bond acceptors (Lipinski definition) is 2. The van der Waals surface area contributed by atoms with Crippen LogP contribution in [-0.4, -0.2) is 19.5 Å². The van der Waals surface area contributed by atoms with E-state index in [0.717, 1.165) is 69.0 Å². The van der Waals surface area contributed by atoms with Crippen LogP contribution in [0.3, 0.4) is 0 Å². The first kappa shape index (κ1) is 24.4. The molecule has 182 valence electrons. The van der Waals surface area contributed by atoms with E-state index in [2.05, 4.69) is 6.58 Å². The fourth-order valence-electron chi connectivity index (χ4n) is 7.23. The van der Waals surface area contributed by atoms with Crippen LogP contribution >= 0.6 is 0 Å². The minimum atomic E-state index is -1.50. The molecular formula is C28H44F2O2. The molecule has 4 aliphatic rings. The molecule has 3 aliphatic carbocycles. The SMILES string of the molecule is C=CCCC1CCC(C2OCC(C3CCC(C4CCC(C=C(F)F)CC4)CC3)CO2)CC1. The topological polar surface area (TPSA) is 18.5 Å². The fraction of sp³-hybridized carbons (Fsp3) is 0.857. The smallest absolute Gasteiger partial charge is 0.266 e. The maximum Gasteiger partial charge on any atom is 0.266 e. The van der Waals surface area contributed by atoms with Crippen molar-refractivity contribution in [2.45, 2.75) is 96.2 Å². The third-order valence-corrected chi connectivity index (χ3v) is 9.33. The lowest BCUT2D eigenvalue weighted by molar-refractivity contribution is -0.237. The summed E-state index contributed by atoms with van der Waals surface area (Å²) in [5.41, 5.74) is 0. The van der Waals surface area contributed by atoms with Crippen LogP contribution in [0.4, 0.5) is 8.78 Å². The highest BCUT2D eigenvalue weighted by Crippen LogP contribution is 2.44. The van der Waals surface area contributed by atoms with Gasteiger partial charge >= 0.3 is 0 Å². The molecule has 0 bridgehead atoms. The summed E-state index contributed by atoms with van der Waals surface area (Å²) in [5.74, 6) is 4.43. The molecule has 1 heterocycles. The molecule has 32 heavy (non-hydrogen) atoms. The number of hydrogen-bond donors (Lipinski definition) is 0. The van der Waals surface area contributed by atoms with Gasteiger partial charge in [-0.15, -0.1) is 6.58 Å². The molecule has 0 amide bonds. The maximum atomic E-state index is 12.5. The van der Waals surface area contributed by atoms with Crippen LogP contribution in [0.15, 0.2) is 24.8 Å². The van der Waals surface area contributed by atoms with E-state index in [1.165, 1.54) is 63.9 Å². The molecule has 0 radical (unpaired) electrons. The van der Waals surface area contributed by atoms with Crippen LogP contribution in [0.1, 0.15) is 89.9 Å². The van der Waals surface area contributed by atoms with Gasteiger partial charge in [-0.1, -0.05) is 6.08 Å². The summed E-state index contributed by atoms with van der Waals surface area (Å²) in [7, 11) is 0. The van der Waals surface area contributed by atoms with Crippen molar-refractivity contribution in [1.82, 2.24) is 0 Å². The Morgan fingerprint density at radius 1 is 0.688 bits per heavy atom. The molecule has 0 aromatic rings. The Kier molecular flexibility index (Phi) is 9.23. The van der Waals surface area contributed by atoms with Crippen molar-refractivity contribution in [1.29, 1.82) is 0 Å². The number of halogens is 2. The monoisotopic (exact) mass is 450 g/mol. The molecule has 4 heteroatoms. The summed E-state index contributed by atoms with van der Waals surface area (Å²) < 4.78 is 37.6. The second-order valence-electron chi connectivity index (χ2n) is 11.2. The van der Waals surface area contributed by atoms with E-state index < -0.39 is 6.08 Å². The minimum absolute atomic E-state index is 0.0290. The van der Waals surface area contributed by atoms with Crippen molar-refractivity contribution >= 4 is 0 Å². The molecule has 0 unspecified atom stereocenters. The zero-order chi connectivity index (χ0) is 22.3. The van der Waals surface area contributed by atoms with Crippen molar-refractivity contribution in [3.63, 3.8) is 0 Å². The van der Waals surface area contributed by atoms with E-state index in [1.807, 2.05) is 6.08 Å². The minimum Gasteiger partial charge on any atom is -0.352 e. The first-order chi connectivity index (χ1) is 15.6. The van der Waals surface area contributed by atoms with Gasteiger partial charge in [-0.25, -0.2) is 0 Å². The lowest BCUT2D eigenvalue weighted by atomic mass is 9.67. The van der Waals surface area contributed by atoms with E-state index in [0.29, 0.717) is 11.8 Å². The van der Waals surface area contributed by atoms with Gasteiger partial charge < -0.3 is 9.47 Å². The Hall–Kier alpha value is -0.740. The van der Waals surface area contributed by atoms with E-state index in [1.54, 1.807) is 0 Å². The second-order valence-corrected chi connectivity index (χ2v) is 11.2. The van der Waals surface area contributed by atoms with Gasteiger partial charge in [-0.05, 0) is 126 Å². The van der Waals surface area contributed by atoms with Gasteiger partial charge in [0.2, 0.25) is 0 Å².